The molecule has 0 aromatic heterocycles. The highest BCUT2D eigenvalue weighted by atomic mass is 19.1. The number of nitrogens with one attached hydrogen (secondary N) is 1. The zero-order valence-electron chi connectivity index (χ0n) is 14.5. The number of hydrogen-bond donors (Lipinski definition) is 1. The predicted octanol–water partition coefficient (Wildman–Crippen LogP) is 3.59. The highest BCUT2D eigenvalue weighted by Gasteiger charge is 2.25. The Morgan fingerprint density at radius 1 is 1.23 bits per heavy atom. The molecule has 0 aromatic carbocycles. The summed E-state index contributed by atoms with van der Waals surface area (Å²) in [6.45, 7) is 12.2. The van der Waals surface area contributed by atoms with Crippen LogP contribution in [0, 0.1) is 11.8 Å². The second kappa shape index (κ2) is 8.76. The zero-order chi connectivity index (χ0) is 17.5. The third-order valence-electron chi connectivity index (χ3n) is 2.70. The topological polar surface area (TPSA) is 64.6 Å². The third-order valence-corrected chi connectivity index (χ3v) is 2.70. The molecular formula is C16H28FNO4. The van der Waals surface area contributed by atoms with E-state index in [2.05, 4.69) is 5.32 Å². The number of carbonyl (C=O) groups excluding carboxylic acids is 2. The standard InChI is InChI=1S/C16H28FNO4/c1-8-21-14(19)11(4)9-12(17)13(10(2)3)18-15(20)22-16(5,6)7/h9-11,13H,8H2,1-7H3,(H,18,20)/b12-9-/t11?,13-/m0/s1. The maximum absolute atomic E-state index is 14.3. The Balaban J connectivity index is 4.94. The number of alkyl carbamates (subject to hydrolysis) is 1. The van der Waals surface area contributed by atoms with Crippen molar-refractivity contribution in [2.24, 2.45) is 11.8 Å². The fourth-order valence-corrected chi connectivity index (χ4v) is 1.67. The summed E-state index contributed by atoms with van der Waals surface area (Å²) in [5.41, 5.74) is -0.663. The second-order valence-corrected chi connectivity index (χ2v) is 6.46. The fraction of sp³-hybridized carbons (Fsp3) is 0.750. The van der Waals surface area contributed by atoms with Crippen molar-refractivity contribution in [3.63, 3.8) is 0 Å². The van der Waals surface area contributed by atoms with E-state index in [-0.39, 0.29) is 12.5 Å². The van der Waals surface area contributed by atoms with Crippen LogP contribution in [0.15, 0.2) is 11.9 Å². The molecule has 128 valence electrons. The highest BCUT2D eigenvalue weighted by Crippen LogP contribution is 2.18. The molecule has 5 nitrogen and oxygen atoms in total. The van der Waals surface area contributed by atoms with Gasteiger partial charge in [-0.2, -0.15) is 0 Å². The molecule has 0 aliphatic carbocycles. The first-order chi connectivity index (χ1) is 9.97. The maximum atomic E-state index is 14.3. The van der Waals surface area contributed by atoms with Crippen LogP contribution in [0.5, 0.6) is 0 Å². The molecule has 0 saturated carbocycles. The van der Waals surface area contributed by atoms with Crippen LogP contribution in [0.3, 0.4) is 0 Å². The first-order valence-electron chi connectivity index (χ1n) is 7.51. The van der Waals surface area contributed by atoms with Crippen molar-refractivity contribution in [3.8, 4) is 0 Å². The molecule has 0 radical (unpaired) electrons. The molecule has 1 amide bonds. The largest absolute Gasteiger partial charge is 0.466 e. The van der Waals surface area contributed by atoms with Crippen molar-refractivity contribution in [1.29, 1.82) is 0 Å². The third kappa shape index (κ3) is 8.00. The average molecular weight is 317 g/mol. The Kier molecular flexibility index (Phi) is 8.12. The molecule has 0 rings (SSSR count). The highest BCUT2D eigenvalue weighted by molar-refractivity contribution is 5.74. The summed E-state index contributed by atoms with van der Waals surface area (Å²) >= 11 is 0. The van der Waals surface area contributed by atoms with Gasteiger partial charge in [0.1, 0.15) is 11.4 Å². The van der Waals surface area contributed by atoms with Crippen LogP contribution in [0.2, 0.25) is 0 Å². The van der Waals surface area contributed by atoms with Crippen molar-refractivity contribution in [1.82, 2.24) is 5.32 Å². The van der Waals surface area contributed by atoms with Gasteiger partial charge in [0.2, 0.25) is 0 Å². The maximum Gasteiger partial charge on any atom is 0.408 e. The number of ether oxygens (including phenoxy) is 2. The van der Waals surface area contributed by atoms with E-state index in [0.717, 1.165) is 0 Å². The van der Waals surface area contributed by atoms with E-state index in [1.807, 2.05) is 0 Å². The average Bonchev–Trinajstić information content (AvgIpc) is 2.33. The molecule has 0 bridgehead atoms. The van der Waals surface area contributed by atoms with Gasteiger partial charge in [-0.05, 0) is 46.6 Å². The molecule has 0 spiro atoms. The summed E-state index contributed by atoms with van der Waals surface area (Å²) in [6, 6.07) is -0.855. The van der Waals surface area contributed by atoms with Gasteiger partial charge in [-0.25, -0.2) is 9.18 Å². The van der Waals surface area contributed by atoms with Crippen molar-refractivity contribution < 1.29 is 23.5 Å². The van der Waals surface area contributed by atoms with Crippen molar-refractivity contribution >= 4 is 12.1 Å². The number of hydrogen-bond acceptors (Lipinski definition) is 4. The summed E-state index contributed by atoms with van der Waals surface area (Å²) in [6.07, 6.45) is 0.471. The van der Waals surface area contributed by atoms with Gasteiger partial charge in [0.15, 0.2) is 0 Å². The number of carbonyl (C=O) groups is 2. The van der Waals surface area contributed by atoms with Crippen molar-refractivity contribution in [2.75, 3.05) is 6.61 Å². The Labute approximate surface area is 132 Å². The van der Waals surface area contributed by atoms with E-state index in [1.54, 1.807) is 48.5 Å². The molecule has 1 N–H and O–H groups in total. The SMILES string of the molecule is CCOC(=O)C(C)/C=C(\F)[C@@H](NC(=O)OC(C)(C)C)C(C)C. The van der Waals surface area contributed by atoms with Crippen LogP contribution in [-0.4, -0.2) is 30.3 Å². The molecule has 0 aliphatic heterocycles. The van der Waals surface area contributed by atoms with Crippen LogP contribution in [-0.2, 0) is 14.3 Å². The lowest BCUT2D eigenvalue weighted by atomic mass is 10.0. The van der Waals surface area contributed by atoms with E-state index in [9.17, 15) is 14.0 Å². The Morgan fingerprint density at radius 2 is 1.77 bits per heavy atom. The summed E-state index contributed by atoms with van der Waals surface area (Å²) in [4.78, 5) is 23.3. The molecule has 6 heteroatoms. The van der Waals surface area contributed by atoms with Gasteiger partial charge in [0.05, 0.1) is 18.6 Å². The molecule has 0 heterocycles. The van der Waals surface area contributed by atoms with Gasteiger partial charge >= 0.3 is 12.1 Å². The van der Waals surface area contributed by atoms with Gasteiger partial charge in [-0.3, -0.25) is 4.79 Å². The molecule has 22 heavy (non-hydrogen) atoms. The molecule has 0 saturated heterocycles. The molecule has 0 aromatic rings. The van der Waals surface area contributed by atoms with E-state index in [4.69, 9.17) is 9.47 Å². The van der Waals surface area contributed by atoms with Crippen molar-refractivity contribution in [2.45, 2.75) is 60.1 Å². The molecule has 0 aliphatic rings. The predicted molar refractivity (Wildman–Crippen MR) is 83.0 cm³/mol. The van der Waals surface area contributed by atoms with Crippen LogP contribution >= 0.6 is 0 Å². The summed E-state index contributed by atoms with van der Waals surface area (Å²) in [5.74, 6) is -2.00. The number of halogens is 1. The van der Waals surface area contributed by atoms with Gasteiger partial charge in [0, 0.05) is 0 Å². The normalized spacial score (nSPS) is 15.2. The van der Waals surface area contributed by atoms with Crippen LogP contribution in [0.4, 0.5) is 9.18 Å². The van der Waals surface area contributed by atoms with Gasteiger partial charge in [-0.1, -0.05) is 13.8 Å². The number of amides is 1. The van der Waals surface area contributed by atoms with Gasteiger partial charge in [0.25, 0.3) is 0 Å². The van der Waals surface area contributed by atoms with Gasteiger partial charge in [-0.15, -0.1) is 0 Å². The number of esters is 1. The van der Waals surface area contributed by atoms with Crippen molar-refractivity contribution in [3.05, 3.63) is 11.9 Å². The van der Waals surface area contributed by atoms with E-state index < -0.39 is 35.5 Å². The lowest BCUT2D eigenvalue weighted by Gasteiger charge is -2.25. The van der Waals surface area contributed by atoms with Gasteiger partial charge < -0.3 is 14.8 Å². The first-order valence-corrected chi connectivity index (χ1v) is 7.51. The summed E-state index contributed by atoms with van der Waals surface area (Å²) < 4.78 is 24.3. The fourth-order valence-electron chi connectivity index (χ4n) is 1.67. The summed E-state index contributed by atoms with van der Waals surface area (Å²) in [5, 5.41) is 2.49. The van der Waals surface area contributed by atoms with Crippen LogP contribution in [0.1, 0.15) is 48.5 Å². The number of rotatable bonds is 6. The second-order valence-electron chi connectivity index (χ2n) is 6.46. The minimum absolute atomic E-state index is 0.196. The first kappa shape index (κ1) is 20.4. The minimum atomic E-state index is -0.855. The smallest absolute Gasteiger partial charge is 0.408 e. The molecule has 2 atom stereocenters. The van der Waals surface area contributed by atoms with E-state index in [0.29, 0.717) is 0 Å². The minimum Gasteiger partial charge on any atom is -0.466 e. The lowest BCUT2D eigenvalue weighted by molar-refractivity contribution is -0.145. The van der Waals surface area contributed by atoms with Crippen LogP contribution in [0.25, 0.3) is 0 Å². The Hall–Kier alpha value is -1.59. The summed E-state index contributed by atoms with van der Waals surface area (Å²) in [7, 11) is 0. The zero-order valence-corrected chi connectivity index (χ0v) is 14.5. The molecular weight excluding hydrogens is 289 g/mol. The van der Waals surface area contributed by atoms with E-state index in [1.165, 1.54) is 6.08 Å². The lowest BCUT2D eigenvalue weighted by Crippen LogP contribution is -2.42. The Bertz CT molecular complexity index is 413. The molecule has 0 fully saturated rings. The Morgan fingerprint density at radius 3 is 2.18 bits per heavy atom. The molecule has 1 unspecified atom stereocenters. The quantitative estimate of drug-likeness (QED) is 0.760. The van der Waals surface area contributed by atoms with Crippen LogP contribution < -0.4 is 5.32 Å². The monoisotopic (exact) mass is 317 g/mol. The van der Waals surface area contributed by atoms with E-state index >= 15 is 0 Å².